The van der Waals surface area contributed by atoms with Crippen molar-refractivity contribution in [3.63, 3.8) is 0 Å². The number of sulfone groups is 1. The van der Waals surface area contributed by atoms with Crippen LogP contribution in [0.1, 0.15) is 41.4 Å². The SMILES string of the molecule is O=C(Nc1ccc(S(=O)(=O)CC2CCNC2)cc1)c1cc(C2CC2)on1. The van der Waals surface area contributed by atoms with Crippen molar-refractivity contribution in [3.8, 4) is 0 Å². The summed E-state index contributed by atoms with van der Waals surface area (Å²) < 4.78 is 30.1. The number of aromatic nitrogens is 1. The van der Waals surface area contributed by atoms with E-state index in [1.807, 2.05) is 0 Å². The smallest absolute Gasteiger partial charge is 0.277 e. The van der Waals surface area contributed by atoms with Crippen LogP contribution in [0.3, 0.4) is 0 Å². The van der Waals surface area contributed by atoms with E-state index in [1.54, 1.807) is 18.2 Å². The number of rotatable bonds is 6. The maximum atomic E-state index is 12.5. The molecule has 0 radical (unpaired) electrons. The molecule has 1 aromatic carbocycles. The molecular formula is C18H21N3O4S. The highest BCUT2D eigenvalue weighted by molar-refractivity contribution is 7.91. The number of hydrogen-bond donors (Lipinski definition) is 2. The Hall–Kier alpha value is -2.19. The molecule has 1 saturated heterocycles. The lowest BCUT2D eigenvalue weighted by atomic mass is 10.2. The van der Waals surface area contributed by atoms with Crippen LogP contribution in [0.15, 0.2) is 39.8 Å². The Labute approximate surface area is 152 Å². The number of amides is 1. The summed E-state index contributed by atoms with van der Waals surface area (Å²) in [6.07, 6.45) is 3.03. The van der Waals surface area contributed by atoms with Crippen molar-refractivity contribution < 1.29 is 17.7 Å². The van der Waals surface area contributed by atoms with E-state index in [4.69, 9.17) is 4.52 Å². The van der Waals surface area contributed by atoms with Gasteiger partial charge in [-0.15, -0.1) is 0 Å². The molecule has 26 heavy (non-hydrogen) atoms. The molecule has 2 heterocycles. The Balaban J connectivity index is 1.40. The maximum Gasteiger partial charge on any atom is 0.277 e. The van der Waals surface area contributed by atoms with Gasteiger partial charge in [-0.05, 0) is 62.5 Å². The summed E-state index contributed by atoms with van der Waals surface area (Å²) in [5.74, 6) is 1.08. The van der Waals surface area contributed by atoms with Gasteiger partial charge in [0.25, 0.3) is 5.91 Å². The molecule has 1 aromatic heterocycles. The van der Waals surface area contributed by atoms with Crippen LogP contribution in [-0.2, 0) is 9.84 Å². The lowest BCUT2D eigenvalue weighted by Gasteiger charge is -2.10. The van der Waals surface area contributed by atoms with Gasteiger partial charge in [0.2, 0.25) is 0 Å². The van der Waals surface area contributed by atoms with Gasteiger partial charge in [0.1, 0.15) is 5.76 Å². The first-order valence-electron chi connectivity index (χ1n) is 8.83. The van der Waals surface area contributed by atoms with E-state index in [-0.39, 0.29) is 28.2 Å². The van der Waals surface area contributed by atoms with E-state index in [0.717, 1.165) is 38.1 Å². The Morgan fingerprint density at radius 2 is 2.00 bits per heavy atom. The molecule has 1 aliphatic heterocycles. The second kappa shape index (κ2) is 6.85. The first kappa shape index (κ1) is 17.2. The predicted octanol–water partition coefficient (Wildman–Crippen LogP) is 2.19. The average molecular weight is 375 g/mol. The molecule has 1 amide bonds. The Morgan fingerprint density at radius 3 is 2.65 bits per heavy atom. The molecule has 0 bridgehead atoms. The zero-order valence-electron chi connectivity index (χ0n) is 14.3. The van der Waals surface area contributed by atoms with Crippen molar-refractivity contribution >= 4 is 21.4 Å². The van der Waals surface area contributed by atoms with Crippen molar-refractivity contribution in [1.82, 2.24) is 10.5 Å². The van der Waals surface area contributed by atoms with Crippen LogP contribution in [0.5, 0.6) is 0 Å². The van der Waals surface area contributed by atoms with Gasteiger partial charge in [-0.2, -0.15) is 0 Å². The fraction of sp³-hybridized carbons (Fsp3) is 0.444. The van der Waals surface area contributed by atoms with E-state index >= 15 is 0 Å². The molecule has 138 valence electrons. The van der Waals surface area contributed by atoms with E-state index in [0.29, 0.717) is 11.6 Å². The van der Waals surface area contributed by atoms with Gasteiger partial charge in [-0.3, -0.25) is 4.79 Å². The summed E-state index contributed by atoms with van der Waals surface area (Å²) in [5.41, 5.74) is 0.754. The summed E-state index contributed by atoms with van der Waals surface area (Å²) in [6.45, 7) is 1.61. The van der Waals surface area contributed by atoms with Crippen molar-refractivity contribution in [1.29, 1.82) is 0 Å². The monoisotopic (exact) mass is 375 g/mol. The van der Waals surface area contributed by atoms with Crippen LogP contribution in [0, 0.1) is 5.92 Å². The highest BCUT2D eigenvalue weighted by Gasteiger charge is 2.29. The van der Waals surface area contributed by atoms with Gasteiger partial charge < -0.3 is 15.2 Å². The van der Waals surface area contributed by atoms with Gasteiger partial charge >= 0.3 is 0 Å². The maximum absolute atomic E-state index is 12.5. The standard InChI is InChI=1S/C18H21N3O4S/c22-18(16-9-17(25-21-16)13-1-2-13)20-14-3-5-15(6-4-14)26(23,24)11-12-7-8-19-10-12/h3-6,9,12-13,19H,1-2,7-8,10-11H2,(H,20,22). The van der Waals surface area contributed by atoms with Crippen LogP contribution in [-0.4, -0.2) is 38.3 Å². The molecule has 2 aromatic rings. The van der Waals surface area contributed by atoms with Gasteiger partial charge in [0, 0.05) is 17.7 Å². The van der Waals surface area contributed by atoms with E-state index in [9.17, 15) is 13.2 Å². The summed E-state index contributed by atoms with van der Waals surface area (Å²) in [7, 11) is -3.32. The number of nitrogens with zero attached hydrogens (tertiary/aromatic N) is 1. The van der Waals surface area contributed by atoms with Crippen molar-refractivity contribution in [3.05, 3.63) is 41.8 Å². The lowest BCUT2D eigenvalue weighted by molar-refractivity contribution is 0.101. The largest absolute Gasteiger partial charge is 0.360 e. The summed E-state index contributed by atoms with van der Waals surface area (Å²) in [5, 5.41) is 9.69. The molecule has 2 aliphatic rings. The molecule has 8 heteroatoms. The molecule has 1 saturated carbocycles. The summed E-state index contributed by atoms with van der Waals surface area (Å²) >= 11 is 0. The zero-order valence-corrected chi connectivity index (χ0v) is 15.1. The molecule has 1 atom stereocenters. The van der Waals surface area contributed by atoms with Crippen molar-refractivity contribution in [2.45, 2.75) is 30.1 Å². The van der Waals surface area contributed by atoms with Crippen molar-refractivity contribution in [2.24, 2.45) is 5.92 Å². The predicted molar refractivity (Wildman–Crippen MR) is 95.9 cm³/mol. The zero-order chi connectivity index (χ0) is 18.1. The van der Waals surface area contributed by atoms with Crippen LogP contribution < -0.4 is 10.6 Å². The normalized spacial score (nSPS) is 20.2. The third-order valence-corrected chi connectivity index (χ3v) is 6.73. The molecule has 2 N–H and O–H groups in total. The number of hydrogen-bond acceptors (Lipinski definition) is 6. The fourth-order valence-electron chi connectivity index (χ4n) is 3.16. The van der Waals surface area contributed by atoms with Gasteiger partial charge in [0.05, 0.1) is 10.6 Å². The molecule has 0 spiro atoms. The minimum absolute atomic E-state index is 0.147. The minimum Gasteiger partial charge on any atom is -0.360 e. The number of carbonyl (C=O) groups excluding carboxylic acids is 1. The Bertz CT molecular complexity index is 895. The first-order chi connectivity index (χ1) is 12.5. The molecule has 7 nitrogen and oxygen atoms in total. The average Bonchev–Trinajstić information content (AvgIpc) is 3.13. The highest BCUT2D eigenvalue weighted by atomic mass is 32.2. The molecular weight excluding hydrogens is 354 g/mol. The molecule has 2 fully saturated rings. The fourth-order valence-corrected chi connectivity index (χ4v) is 4.81. The number of nitrogens with one attached hydrogen (secondary N) is 2. The molecule has 1 unspecified atom stereocenters. The third kappa shape index (κ3) is 3.81. The van der Waals surface area contributed by atoms with Crippen LogP contribution in [0.25, 0.3) is 0 Å². The summed E-state index contributed by atoms with van der Waals surface area (Å²) in [6, 6.07) is 7.93. The topological polar surface area (TPSA) is 101 Å². The molecule has 1 aliphatic carbocycles. The van der Waals surface area contributed by atoms with E-state index in [2.05, 4.69) is 15.8 Å². The van der Waals surface area contributed by atoms with E-state index < -0.39 is 9.84 Å². The number of benzene rings is 1. The first-order valence-corrected chi connectivity index (χ1v) is 10.5. The number of carbonyl (C=O) groups is 1. The third-order valence-electron chi connectivity index (χ3n) is 4.83. The highest BCUT2D eigenvalue weighted by Crippen LogP contribution is 2.40. The second-order valence-corrected chi connectivity index (χ2v) is 9.04. The van der Waals surface area contributed by atoms with Crippen molar-refractivity contribution in [2.75, 3.05) is 24.2 Å². The van der Waals surface area contributed by atoms with Gasteiger partial charge in [0.15, 0.2) is 15.5 Å². The van der Waals surface area contributed by atoms with Crippen LogP contribution in [0.2, 0.25) is 0 Å². The lowest BCUT2D eigenvalue weighted by Crippen LogP contribution is -2.19. The Kier molecular flexibility index (Phi) is 4.54. The quantitative estimate of drug-likeness (QED) is 0.803. The van der Waals surface area contributed by atoms with E-state index in [1.165, 1.54) is 12.1 Å². The second-order valence-electron chi connectivity index (χ2n) is 7.01. The van der Waals surface area contributed by atoms with Gasteiger partial charge in [-0.1, -0.05) is 5.16 Å². The van der Waals surface area contributed by atoms with Crippen LogP contribution in [0.4, 0.5) is 5.69 Å². The minimum atomic E-state index is -3.32. The van der Waals surface area contributed by atoms with Crippen LogP contribution >= 0.6 is 0 Å². The number of anilines is 1. The van der Waals surface area contributed by atoms with Gasteiger partial charge in [-0.25, -0.2) is 8.42 Å². The Morgan fingerprint density at radius 1 is 1.23 bits per heavy atom. The molecule has 4 rings (SSSR count). The summed E-state index contributed by atoms with van der Waals surface area (Å²) in [4.78, 5) is 12.5.